The fraction of sp³-hybridized carbons (Fsp3) is 0.400. The third-order valence-electron chi connectivity index (χ3n) is 4.47. The maximum absolute atomic E-state index is 12.1. The second-order valence-electron chi connectivity index (χ2n) is 6.25. The molecule has 0 amide bonds. The van der Waals surface area contributed by atoms with Gasteiger partial charge in [-0.25, -0.2) is 9.59 Å². The molecule has 8 heteroatoms. The molecule has 2 aromatic rings. The van der Waals surface area contributed by atoms with Crippen LogP contribution in [0.2, 0.25) is 0 Å². The summed E-state index contributed by atoms with van der Waals surface area (Å²) in [7, 11) is 2.55. The van der Waals surface area contributed by atoms with Crippen LogP contribution >= 0.6 is 11.3 Å². The van der Waals surface area contributed by atoms with Crippen molar-refractivity contribution in [3.8, 4) is 5.75 Å². The highest BCUT2D eigenvalue weighted by molar-refractivity contribution is 7.10. The van der Waals surface area contributed by atoms with Crippen LogP contribution in [0.15, 0.2) is 29.6 Å². The van der Waals surface area contributed by atoms with Crippen molar-refractivity contribution in [3.05, 3.63) is 51.2 Å². The molecule has 0 aliphatic carbocycles. The van der Waals surface area contributed by atoms with E-state index >= 15 is 0 Å². The molecule has 0 bridgehead atoms. The Morgan fingerprint density at radius 1 is 1.07 bits per heavy atom. The van der Waals surface area contributed by atoms with E-state index in [4.69, 9.17) is 18.9 Å². The van der Waals surface area contributed by atoms with Gasteiger partial charge in [-0.2, -0.15) is 0 Å². The van der Waals surface area contributed by atoms with E-state index in [1.165, 1.54) is 31.1 Å². The summed E-state index contributed by atoms with van der Waals surface area (Å²) in [5.41, 5.74) is 1.59. The quantitative estimate of drug-likeness (QED) is 0.656. The summed E-state index contributed by atoms with van der Waals surface area (Å²) in [5, 5.41) is 1.59. The number of hydrogen-bond donors (Lipinski definition) is 0. The predicted molar refractivity (Wildman–Crippen MR) is 104 cm³/mol. The van der Waals surface area contributed by atoms with E-state index in [1.807, 2.05) is 24.3 Å². The largest absolute Gasteiger partial charge is 0.488 e. The van der Waals surface area contributed by atoms with Crippen LogP contribution in [0.4, 0.5) is 0 Å². The van der Waals surface area contributed by atoms with Gasteiger partial charge in [0, 0.05) is 25.0 Å². The molecule has 1 saturated heterocycles. The van der Waals surface area contributed by atoms with E-state index in [1.54, 1.807) is 5.38 Å². The first kappa shape index (κ1) is 20.3. The fourth-order valence-corrected chi connectivity index (χ4v) is 3.86. The van der Waals surface area contributed by atoms with Gasteiger partial charge >= 0.3 is 11.9 Å². The van der Waals surface area contributed by atoms with E-state index in [0.717, 1.165) is 32.8 Å². The van der Waals surface area contributed by atoms with Gasteiger partial charge < -0.3 is 18.9 Å². The summed E-state index contributed by atoms with van der Waals surface area (Å²) in [4.78, 5) is 26.9. The zero-order valence-corrected chi connectivity index (χ0v) is 16.8. The third kappa shape index (κ3) is 4.89. The lowest BCUT2D eigenvalue weighted by atomic mass is 10.1. The van der Waals surface area contributed by atoms with Crippen molar-refractivity contribution in [3.63, 3.8) is 0 Å². The smallest absolute Gasteiger partial charge is 0.340 e. The van der Waals surface area contributed by atoms with Crippen molar-refractivity contribution in [1.29, 1.82) is 0 Å². The highest BCUT2D eigenvalue weighted by atomic mass is 32.1. The Morgan fingerprint density at radius 2 is 1.75 bits per heavy atom. The van der Waals surface area contributed by atoms with Crippen molar-refractivity contribution in [2.45, 2.75) is 13.2 Å². The normalized spacial score (nSPS) is 14.5. The SMILES string of the molecule is COC(=O)c1csc(COc2ccc(CN3CCOCC3)cc2)c1C(=O)OC. The van der Waals surface area contributed by atoms with Crippen LogP contribution in [0.1, 0.15) is 31.2 Å². The monoisotopic (exact) mass is 405 g/mol. The molecule has 0 N–H and O–H groups in total. The number of thiophene rings is 1. The average Bonchev–Trinajstić information content (AvgIpc) is 3.17. The second-order valence-corrected chi connectivity index (χ2v) is 7.22. The summed E-state index contributed by atoms with van der Waals surface area (Å²) < 4.78 is 20.7. The predicted octanol–water partition coefficient (Wildman–Crippen LogP) is 2.73. The molecule has 1 aromatic carbocycles. The van der Waals surface area contributed by atoms with Crippen LogP contribution in [0.25, 0.3) is 0 Å². The summed E-state index contributed by atoms with van der Waals surface area (Å²) in [5.74, 6) is -0.467. The molecule has 0 radical (unpaired) electrons. The molecule has 1 aliphatic rings. The Hall–Kier alpha value is -2.42. The molecule has 3 rings (SSSR count). The van der Waals surface area contributed by atoms with Crippen LogP contribution in [0, 0.1) is 0 Å². The van der Waals surface area contributed by atoms with Gasteiger partial charge in [0.15, 0.2) is 0 Å². The summed E-state index contributed by atoms with van der Waals surface area (Å²) in [6.07, 6.45) is 0. The molecular weight excluding hydrogens is 382 g/mol. The van der Waals surface area contributed by atoms with Crippen molar-refractivity contribution in [2.75, 3.05) is 40.5 Å². The van der Waals surface area contributed by atoms with Gasteiger partial charge in [0.25, 0.3) is 0 Å². The third-order valence-corrected chi connectivity index (χ3v) is 5.43. The Labute approximate surface area is 167 Å². The molecule has 150 valence electrons. The second kappa shape index (κ2) is 9.68. The first-order chi connectivity index (χ1) is 13.6. The van der Waals surface area contributed by atoms with Crippen LogP contribution in [-0.4, -0.2) is 57.4 Å². The van der Waals surface area contributed by atoms with E-state index in [0.29, 0.717) is 10.6 Å². The number of carbonyl (C=O) groups is 2. The molecule has 0 saturated carbocycles. The highest BCUT2D eigenvalue weighted by Gasteiger charge is 2.25. The van der Waals surface area contributed by atoms with Crippen LogP contribution in [0.3, 0.4) is 0 Å². The Morgan fingerprint density at radius 3 is 2.39 bits per heavy atom. The van der Waals surface area contributed by atoms with Crippen molar-refractivity contribution >= 4 is 23.3 Å². The lowest BCUT2D eigenvalue weighted by molar-refractivity contribution is 0.0342. The summed E-state index contributed by atoms with van der Waals surface area (Å²) >= 11 is 1.26. The molecule has 2 heterocycles. The molecule has 0 atom stereocenters. The van der Waals surface area contributed by atoms with E-state index in [2.05, 4.69) is 4.90 Å². The zero-order valence-electron chi connectivity index (χ0n) is 15.9. The number of esters is 2. The lowest BCUT2D eigenvalue weighted by Gasteiger charge is -2.26. The van der Waals surface area contributed by atoms with Gasteiger partial charge in [0.2, 0.25) is 0 Å². The molecule has 1 aliphatic heterocycles. The minimum Gasteiger partial charge on any atom is -0.488 e. The van der Waals surface area contributed by atoms with Gasteiger partial charge in [-0.1, -0.05) is 12.1 Å². The van der Waals surface area contributed by atoms with E-state index < -0.39 is 11.9 Å². The van der Waals surface area contributed by atoms with Crippen molar-refractivity contribution in [1.82, 2.24) is 4.90 Å². The minimum atomic E-state index is -0.582. The number of hydrogen-bond acceptors (Lipinski definition) is 8. The van der Waals surface area contributed by atoms with Gasteiger partial charge in [-0.3, -0.25) is 4.90 Å². The standard InChI is InChI=1S/C20H23NO6S/c1-24-19(22)16-13-28-17(18(16)20(23)25-2)12-27-15-5-3-14(4-6-15)11-21-7-9-26-10-8-21/h3-6,13H,7-12H2,1-2H3. The zero-order chi connectivity index (χ0) is 19.9. The number of nitrogens with zero attached hydrogens (tertiary/aromatic N) is 1. The molecule has 1 aromatic heterocycles. The number of methoxy groups -OCH3 is 2. The van der Waals surface area contributed by atoms with Crippen molar-refractivity contribution in [2.24, 2.45) is 0 Å². The molecule has 28 heavy (non-hydrogen) atoms. The van der Waals surface area contributed by atoms with Crippen molar-refractivity contribution < 1.29 is 28.5 Å². The molecular formula is C20H23NO6S. The Kier molecular flexibility index (Phi) is 7.02. The molecule has 0 unspecified atom stereocenters. The number of morpholine rings is 1. The Balaban J connectivity index is 1.64. The van der Waals surface area contributed by atoms with Gasteiger partial charge in [-0.05, 0) is 17.7 Å². The minimum absolute atomic E-state index is 0.162. The van der Waals surface area contributed by atoms with Gasteiger partial charge in [-0.15, -0.1) is 11.3 Å². The van der Waals surface area contributed by atoms with E-state index in [-0.39, 0.29) is 17.7 Å². The summed E-state index contributed by atoms with van der Waals surface area (Å²) in [6, 6.07) is 7.87. The average molecular weight is 405 g/mol. The van der Waals surface area contributed by atoms with Gasteiger partial charge in [0.05, 0.1) is 43.4 Å². The number of benzene rings is 1. The maximum Gasteiger partial charge on any atom is 0.340 e. The number of rotatable bonds is 7. The number of carbonyl (C=O) groups excluding carboxylic acids is 2. The molecule has 0 spiro atoms. The van der Waals surface area contributed by atoms with Crippen LogP contribution in [0.5, 0.6) is 5.75 Å². The highest BCUT2D eigenvalue weighted by Crippen LogP contribution is 2.26. The maximum atomic E-state index is 12.1. The molecule has 1 fully saturated rings. The van der Waals surface area contributed by atoms with E-state index in [9.17, 15) is 9.59 Å². The topological polar surface area (TPSA) is 74.3 Å². The Bertz CT molecular complexity index is 811. The summed E-state index contributed by atoms with van der Waals surface area (Å²) in [6.45, 7) is 4.47. The number of ether oxygens (including phenoxy) is 4. The lowest BCUT2D eigenvalue weighted by Crippen LogP contribution is -2.35. The fourth-order valence-electron chi connectivity index (χ4n) is 2.95. The first-order valence-corrected chi connectivity index (χ1v) is 9.79. The molecule has 7 nitrogen and oxygen atoms in total. The van der Waals surface area contributed by atoms with Crippen LogP contribution in [-0.2, 0) is 27.4 Å². The van der Waals surface area contributed by atoms with Crippen LogP contribution < -0.4 is 4.74 Å². The van der Waals surface area contributed by atoms with Gasteiger partial charge in [0.1, 0.15) is 12.4 Å². The first-order valence-electron chi connectivity index (χ1n) is 8.91.